The summed E-state index contributed by atoms with van der Waals surface area (Å²) >= 11 is 0. The summed E-state index contributed by atoms with van der Waals surface area (Å²) in [4.78, 5) is 11.7. The second-order valence-corrected chi connectivity index (χ2v) is 4.56. The van der Waals surface area contributed by atoms with E-state index in [-0.39, 0.29) is 12.5 Å². The van der Waals surface area contributed by atoms with Gasteiger partial charge in [0.1, 0.15) is 0 Å². The molecule has 98 valence electrons. The number of hydrogen-bond donors (Lipinski definition) is 2. The van der Waals surface area contributed by atoms with Crippen LogP contribution in [0.25, 0.3) is 5.57 Å². The molecule has 0 heterocycles. The summed E-state index contributed by atoms with van der Waals surface area (Å²) in [6.45, 7) is 4.68. The van der Waals surface area contributed by atoms with Crippen molar-refractivity contribution in [1.29, 1.82) is 0 Å². The number of nitrogens with one attached hydrogen (secondary N) is 1. The molecule has 0 radical (unpaired) electrons. The predicted molar refractivity (Wildman–Crippen MR) is 74.0 cm³/mol. The highest BCUT2D eigenvalue weighted by atomic mass is 16.3. The molecule has 3 heteroatoms. The molecule has 1 aromatic rings. The van der Waals surface area contributed by atoms with Crippen LogP contribution in [-0.4, -0.2) is 24.2 Å². The first kappa shape index (κ1) is 14.5. The number of hydrogen-bond acceptors (Lipinski definition) is 2. The van der Waals surface area contributed by atoms with Gasteiger partial charge in [0.2, 0.25) is 5.91 Å². The molecule has 0 aromatic heterocycles. The normalized spacial score (nSPS) is 13.2. The van der Waals surface area contributed by atoms with Crippen LogP contribution >= 0.6 is 0 Å². The summed E-state index contributed by atoms with van der Waals surface area (Å²) in [6.07, 6.45) is 2.32. The van der Waals surface area contributed by atoms with Crippen LogP contribution in [0.15, 0.2) is 36.4 Å². The van der Waals surface area contributed by atoms with Crippen molar-refractivity contribution >= 4 is 11.5 Å². The largest absolute Gasteiger partial charge is 0.396 e. The Kier molecular flexibility index (Phi) is 6.15. The number of amides is 1. The van der Waals surface area contributed by atoms with Crippen LogP contribution in [0.4, 0.5) is 0 Å². The smallest absolute Gasteiger partial charge is 0.244 e. The second kappa shape index (κ2) is 7.67. The Morgan fingerprint density at radius 1 is 1.39 bits per heavy atom. The topological polar surface area (TPSA) is 49.3 Å². The molecule has 0 saturated heterocycles. The molecule has 18 heavy (non-hydrogen) atoms. The van der Waals surface area contributed by atoms with Crippen LogP contribution in [-0.2, 0) is 4.79 Å². The third kappa shape index (κ3) is 5.15. The van der Waals surface area contributed by atoms with Gasteiger partial charge in [0.05, 0.1) is 0 Å². The summed E-state index contributed by atoms with van der Waals surface area (Å²) < 4.78 is 0. The molecule has 0 aliphatic carbocycles. The number of allylic oxidation sites excluding steroid dienone is 1. The Morgan fingerprint density at radius 3 is 2.67 bits per heavy atom. The van der Waals surface area contributed by atoms with Crippen molar-refractivity contribution in [3.8, 4) is 0 Å². The molecular formula is C15H21NO2. The summed E-state index contributed by atoms with van der Waals surface area (Å²) in [5, 5.41) is 11.6. The molecule has 1 amide bonds. The summed E-state index contributed by atoms with van der Waals surface area (Å²) in [7, 11) is 0. The number of aliphatic hydroxyl groups is 1. The minimum absolute atomic E-state index is 0.0823. The van der Waals surface area contributed by atoms with Crippen molar-refractivity contribution in [1.82, 2.24) is 5.32 Å². The lowest BCUT2D eigenvalue weighted by Crippen LogP contribution is -2.27. The van der Waals surface area contributed by atoms with E-state index in [0.717, 1.165) is 11.1 Å². The first-order valence-corrected chi connectivity index (χ1v) is 6.26. The van der Waals surface area contributed by atoms with E-state index in [4.69, 9.17) is 5.11 Å². The van der Waals surface area contributed by atoms with Crippen LogP contribution < -0.4 is 5.32 Å². The van der Waals surface area contributed by atoms with Gasteiger partial charge in [-0.25, -0.2) is 0 Å². The van der Waals surface area contributed by atoms with Gasteiger partial charge in [-0.2, -0.15) is 0 Å². The number of carbonyl (C=O) groups excluding carboxylic acids is 1. The first-order valence-electron chi connectivity index (χ1n) is 6.26. The van der Waals surface area contributed by atoms with Gasteiger partial charge in [0.15, 0.2) is 0 Å². The summed E-state index contributed by atoms with van der Waals surface area (Å²) in [5.41, 5.74) is 2.00. The molecule has 3 nitrogen and oxygen atoms in total. The Balaban J connectivity index is 2.48. The number of aliphatic hydroxyl groups excluding tert-OH is 1. The fourth-order valence-corrected chi connectivity index (χ4v) is 1.63. The molecule has 0 aliphatic heterocycles. The van der Waals surface area contributed by atoms with Crippen LogP contribution in [0.2, 0.25) is 0 Å². The molecule has 0 saturated carbocycles. The van der Waals surface area contributed by atoms with E-state index < -0.39 is 0 Å². The van der Waals surface area contributed by atoms with Crippen LogP contribution in [0, 0.1) is 5.92 Å². The zero-order chi connectivity index (χ0) is 13.4. The fraction of sp³-hybridized carbons (Fsp3) is 0.400. The van der Waals surface area contributed by atoms with Gasteiger partial charge in [0, 0.05) is 19.2 Å². The maximum atomic E-state index is 11.7. The van der Waals surface area contributed by atoms with E-state index in [1.165, 1.54) is 0 Å². The van der Waals surface area contributed by atoms with Crippen molar-refractivity contribution in [3.63, 3.8) is 0 Å². The highest BCUT2D eigenvalue weighted by Crippen LogP contribution is 2.12. The lowest BCUT2D eigenvalue weighted by molar-refractivity contribution is -0.116. The predicted octanol–water partition coefficient (Wildman–Crippen LogP) is 2.22. The third-order valence-electron chi connectivity index (χ3n) is 2.82. The number of benzene rings is 1. The minimum atomic E-state index is -0.0823. The van der Waals surface area contributed by atoms with Gasteiger partial charge in [-0.15, -0.1) is 0 Å². The highest BCUT2D eigenvalue weighted by molar-refractivity contribution is 5.94. The molecule has 0 spiro atoms. The van der Waals surface area contributed by atoms with Gasteiger partial charge < -0.3 is 10.4 Å². The van der Waals surface area contributed by atoms with Gasteiger partial charge in [0.25, 0.3) is 0 Å². The lowest BCUT2D eigenvalue weighted by Gasteiger charge is -2.10. The zero-order valence-corrected chi connectivity index (χ0v) is 11.0. The van der Waals surface area contributed by atoms with E-state index in [1.54, 1.807) is 6.08 Å². The van der Waals surface area contributed by atoms with Crippen molar-refractivity contribution in [2.75, 3.05) is 13.2 Å². The molecule has 2 N–H and O–H groups in total. The number of rotatable bonds is 6. The first-order chi connectivity index (χ1) is 8.63. The maximum absolute atomic E-state index is 11.7. The molecule has 0 aliphatic rings. The Morgan fingerprint density at radius 2 is 2.06 bits per heavy atom. The van der Waals surface area contributed by atoms with Crippen LogP contribution in [0.3, 0.4) is 0 Å². The number of carbonyl (C=O) groups is 1. The Labute approximate surface area is 109 Å². The minimum Gasteiger partial charge on any atom is -0.396 e. The lowest BCUT2D eigenvalue weighted by atomic mass is 10.1. The average Bonchev–Trinajstić information content (AvgIpc) is 2.38. The fourth-order valence-electron chi connectivity index (χ4n) is 1.63. The molecule has 1 unspecified atom stereocenters. The summed E-state index contributed by atoms with van der Waals surface area (Å²) in [6, 6.07) is 9.82. The molecule has 1 aromatic carbocycles. The standard InChI is InChI=1S/C15H21NO2/c1-12(8-9-17)11-16-15(18)10-13(2)14-6-4-3-5-7-14/h3-7,10,12,17H,8-9,11H2,1-2H3,(H,16,18)/b13-10-. The maximum Gasteiger partial charge on any atom is 0.244 e. The average molecular weight is 247 g/mol. The van der Waals surface area contributed by atoms with Gasteiger partial charge in [-0.05, 0) is 30.4 Å². The SMILES string of the molecule is C/C(=C/C(=O)NCC(C)CCO)c1ccccc1. The molecule has 1 rings (SSSR count). The molecule has 1 atom stereocenters. The van der Waals surface area contributed by atoms with Gasteiger partial charge >= 0.3 is 0 Å². The van der Waals surface area contributed by atoms with Crippen molar-refractivity contribution < 1.29 is 9.90 Å². The van der Waals surface area contributed by atoms with E-state index in [9.17, 15) is 4.79 Å². The Bertz CT molecular complexity index is 398. The molecular weight excluding hydrogens is 226 g/mol. The van der Waals surface area contributed by atoms with Gasteiger partial charge in [-0.3, -0.25) is 4.79 Å². The molecule has 0 bridgehead atoms. The van der Waals surface area contributed by atoms with Gasteiger partial charge in [-0.1, -0.05) is 37.3 Å². The summed E-state index contributed by atoms with van der Waals surface area (Å²) in [5.74, 6) is 0.213. The van der Waals surface area contributed by atoms with E-state index in [1.807, 2.05) is 44.2 Å². The van der Waals surface area contributed by atoms with Crippen molar-refractivity contribution in [2.24, 2.45) is 5.92 Å². The van der Waals surface area contributed by atoms with Crippen LogP contribution in [0.5, 0.6) is 0 Å². The van der Waals surface area contributed by atoms with E-state index >= 15 is 0 Å². The zero-order valence-electron chi connectivity index (χ0n) is 11.0. The van der Waals surface area contributed by atoms with E-state index in [0.29, 0.717) is 18.9 Å². The second-order valence-electron chi connectivity index (χ2n) is 4.56. The monoisotopic (exact) mass is 247 g/mol. The molecule has 0 fully saturated rings. The highest BCUT2D eigenvalue weighted by Gasteiger charge is 2.04. The third-order valence-corrected chi connectivity index (χ3v) is 2.82. The van der Waals surface area contributed by atoms with E-state index in [2.05, 4.69) is 5.32 Å². The quantitative estimate of drug-likeness (QED) is 0.757. The Hall–Kier alpha value is -1.61. The van der Waals surface area contributed by atoms with Crippen molar-refractivity contribution in [3.05, 3.63) is 42.0 Å². The van der Waals surface area contributed by atoms with Crippen LogP contribution in [0.1, 0.15) is 25.8 Å². The van der Waals surface area contributed by atoms with Crippen molar-refractivity contribution in [2.45, 2.75) is 20.3 Å².